The van der Waals surface area contributed by atoms with E-state index in [9.17, 15) is 19.5 Å². The Hall–Kier alpha value is -3.25. The van der Waals surface area contributed by atoms with Crippen LogP contribution < -0.4 is 9.64 Å². The predicted octanol–water partition coefficient (Wildman–Crippen LogP) is 3.27. The summed E-state index contributed by atoms with van der Waals surface area (Å²) in [6, 6.07) is 6.54. The lowest BCUT2D eigenvalue weighted by molar-refractivity contribution is -0.152. The molecular formula is C37H54N4O7. The van der Waals surface area contributed by atoms with Crippen LogP contribution in [-0.2, 0) is 23.9 Å². The van der Waals surface area contributed by atoms with Gasteiger partial charge in [0.05, 0.1) is 37.3 Å². The second-order valence-corrected chi connectivity index (χ2v) is 13.3. The van der Waals surface area contributed by atoms with Gasteiger partial charge in [-0.25, -0.2) is 0 Å². The van der Waals surface area contributed by atoms with Crippen LogP contribution >= 0.6 is 0 Å². The molecule has 0 aromatic heterocycles. The quantitative estimate of drug-likeness (QED) is 0.188. The minimum atomic E-state index is -1.11. The molecule has 1 aromatic rings. The second kappa shape index (κ2) is 16.0. The Morgan fingerprint density at radius 2 is 1.75 bits per heavy atom. The summed E-state index contributed by atoms with van der Waals surface area (Å²) in [6.45, 7) is 17.5. The number of fused-ring (bicyclic) bond motifs is 1. The molecular weight excluding hydrogens is 612 g/mol. The molecule has 1 N–H and O–H groups in total. The fourth-order valence-electron chi connectivity index (χ4n) is 8.40. The topological polar surface area (TPSA) is 112 Å². The second-order valence-electron chi connectivity index (χ2n) is 13.3. The van der Waals surface area contributed by atoms with Crippen LogP contribution in [0.4, 0.5) is 5.69 Å². The summed E-state index contributed by atoms with van der Waals surface area (Å²) in [6.07, 6.45) is 7.06. The lowest BCUT2D eigenvalue weighted by Gasteiger charge is -2.37. The van der Waals surface area contributed by atoms with Gasteiger partial charge in [0.15, 0.2) is 0 Å². The van der Waals surface area contributed by atoms with E-state index in [1.165, 1.54) is 0 Å². The molecule has 1 aromatic carbocycles. The van der Waals surface area contributed by atoms with E-state index in [4.69, 9.17) is 14.2 Å². The number of morpholine rings is 1. The van der Waals surface area contributed by atoms with Crippen molar-refractivity contribution in [2.24, 2.45) is 11.8 Å². The highest BCUT2D eigenvalue weighted by molar-refractivity contribution is 6.03. The van der Waals surface area contributed by atoms with Crippen molar-refractivity contribution in [3.05, 3.63) is 49.6 Å². The number of unbranched alkanes of at least 4 members (excludes halogenated alkanes) is 2. The van der Waals surface area contributed by atoms with E-state index in [-0.39, 0.29) is 30.9 Å². The number of aliphatic hydroxyl groups is 1. The number of ether oxygens (including phenoxy) is 3. The van der Waals surface area contributed by atoms with Crippen molar-refractivity contribution in [3.63, 3.8) is 0 Å². The van der Waals surface area contributed by atoms with Crippen molar-refractivity contribution >= 4 is 23.4 Å². The van der Waals surface area contributed by atoms with Crippen LogP contribution in [0.5, 0.6) is 5.75 Å². The summed E-state index contributed by atoms with van der Waals surface area (Å²) in [5.41, 5.74) is -1.29. The van der Waals surface area contributed by atoms with Crippen LogP contribution in [0.25, 0.3) is 0 Å². The number of carbonyl (C=O) groups is 3. The molecule has 48 heavy (non-hydrogen) atoms. The molecule has 4 heterocycles. The van der Waals surface area contributed by atoms with Crippen molar-refractivity contribution in [2.75, 3.05) is 77.1 Å². The molecule has 4 aliphatic rings. The monoisotopic (exact) mass is 666 g/mol. The van der Waals surface area contributed by atoms with Crippen LogP contribution in [-0.4, -0.2) is 127 Å². The van der Waals surface area contributed by atoms with Gasteiger partial charge in [-0.15, -0.1) is 13.2 Å². The number of benzene rings is 1. The van der Waals surface area contributed by atoms with Crippen LogP contribution in [0.2, 0.25) is 0 Å². The summed E-state index contributed by atoms with van der Waals surface area (Å²) in [5.74, 6) is -1.37. The van der Waals surface area contributed by atoms with Gasteiger partial charge in [-0.1, -0.05) is 19.1 Å². The number of nitrogens with zero attached hydrogens (tertiary/aromatic N) is 4. The zero-order chi connectivity index (χ0) is 34.3. The maximum atomic E-state index is 14.8. The number of hydrogen-bond acceptors (Lipinski definition) is 8. The summed E-state index contributed by atoms with van der Waals surface area (Å²) >= 11 is 0. The molecule has 4 saturated heterocycles. The first-order valence-corrected chi connectivity index (χ1v) is 17.8. The molecule has 0 aliphatic carbocycles. The molecule has 5 atom stereocenters. The molecule has 4 aliphatic heterocycles. The van der Waals surface area contributed by atoms with Crippen molar-refractivity contribution in [1.29, 1.82) is 0 Å². The van der Waals surface area contributed by atoms with Crippen molar-refractivity contribution in [2.45, 2.75) is 69.6 Å². The highest BCUT2D eigenvalue weighted by Crippen LogP contribution is 2.64. The Morgan fingerprint density at radius 1 is 1.02 bits per heavy atom. The van der Waals surface area contributed by atoms with Gasteiger partial charge in [-0.3, -0.25) is 19.3 Å². The van der Waals surface area contributed by atoms with Gasteiger partial charge in [0, 0.05) is 58.1 Å². The Labute approximate surface area is 285 Å². The van der Waals surface area contributed by atoms with E-state index < -0.39 is 29.1 Å². The number of anilines is 1. The molecule has 4 fully saturated rings. The predicted molar refractivity (Wildman–Crippen MR) is 184 cm³/mol. The summed E-state index contributed by atoms with van der Waals surface area (Å²) in [7, 11) is 0. The van der Waals surface area contributed by atoms with Gasteiger partial charge < -0.3 is 34.0 Å². The first-order valence-electron chi connectivity index (χ1n) is 17.8. The van der Waals surface area contributed by atoms with Gasteiger partial charge in [-0.05, 0) is 69.7 Å². The number of carbonyl (C=O) groups excluding carboxylic acids is 3. The molecule has 11 nitrogen and oxygen atoms in total. The smallest absolute Gasteiger partial charge is 0.248 e. The molecule has 3 amide bonds. The van der Waals surface area contributed by atoms with E-state index in [2.05, 4.69) is 18.1 Å². The minimum Gasteiger partial charge on any atom is -0.494 e. The number of likely N-dealkylation sites (tertiary alicyclic amines) is 1. The number of hydrogen-bond donors (Lipinski definition) is 1. The van der Waals surface area contributed by atoms with E-state index in [0.29, 0.717) is 89.5 Å². The average molecular weight is 667 g/mol. The van der Waals surface area contributed by atoms with Crippen LogP contribution in [0, 0.1) is 11.8 Å². The molecule has 11 heteroatoms. The maximum Gasteiger partial charge on any atom is 0.248 e. The van der Waals surface area contributed by atoms with Crippen LogP contribution in [0.3, 0.4) is 0 Å². The third-order valence-electron chi connectivity index (χ3n) is 10.7. The number of rotatable bonds is 18. The standard InChI is InChI=1S/C37H54N4O7/c1-5-18-39(22-21-38-23-26-46-27-24-38)35(45)32-37-17-16-36(7-3,48-37)30(31(37)34(44)41(32)20-10-9-11-25-42)33(43)40(19-6-2)28-12-14-29(15-13-28)47-8-4/h5-6,12-15,30-32,42H,1-2,7-11,16-27H2,3-4H3/t30-,31+,32?,36+,37?/m1/s1. The number of aliphatic hydroxyl groups excluding tert-OH is 1. The molecule has 1 spiro atoms. The maximum absolute atomic E-state index is 14.8. The highest BCUT2D eigenvalue weighted by Gasteiger charge is 2.79. The van der Waals surface area contributed by atoms with E-state index >= 15 is 0 Å². The third-order valence-corrected chi connectivity index (χ3v) is 10.7. The largest absolute Gasteiger partial charge is 0.494 e. The lowest BCUT2D eigenvalue weighted by atomic mass is 9.64. The molecule has 5 rings (SSSR count). The zero-order valence-corrected chi connectivity index (χ0v) is 28.8. The normalized spacial score (nSPS) is 27.9. The fraction of sp³-hybridized carbons (Fsp3) is 0.649. The fourth-order valence-corrected chi connectivity index (χ4v) is 8.40. The van der Waals surface area contributed by atoms with Gasteiger partial charge >= 0.3 is 0 Å². The van der Waals surface area contributed by atoms with E-state index in [1.807, 2.05) is 38.1 Å². The summed E-state index contributed by atoms with van der Waals surface area (Å²) in [5, 5.41) is 9.41. The van der Waals surface area contributed by atoms with Crippen LogP contribution in [0.1, 0.15) is 52.4 Å². The minimum absolute atomic E-state index is 0.0704. The zero-order valence-electron chi connectivity index (χ0n) is 28.8. The molecule has 2 bridgehead atoms. The molecule has 0 radical (unpaired) electrons. The molecule has 264 valence electrons. The first-order chi connectivity index (χ1) is 23.3. The molecule has 0 saturated carbocycles. The van der Waals surface area contributed by atoms with Gasteiger partial charge in [0.2, 0.25) is 17.7 Å². The Kier molecular flexibility index (Phi) is 12.0. The van der Waals surface area contributed by atoms with E-state index in [1.54, 1.807) is 26.9 Å². The van der Waals surface area contributed by atoms with Crippen molar-refractivity contribution in [1.82, 2.24) is 14.7 Å². The number of amides is 3. The van der Waals surface area contributed by atoms with Crippen molar-refractivity contribution in [3.8, 4) is 5.75 Å². The van der Waals surface area contributed by atoms with Gasteiger partial charge in [-0.2, -0.15) is 0 Å². The van der Waals surface area contributed by atoms with Crippen molar-refractivity contribution < 1.29 is 33.7 Å². The van der Waals surface area contributed by atoms with Crippen LogP contribution in [0.15, 0.2) is 49.6 Å². The van der Waals surface area contributed by atoms with Gasteiger partial charge in [0.1, 0.15) is 17.4 Å². The average Bonchev–Trinajstić information content (AvgIpc) is 3.71. The molecule has 2 unspecified atom stereocenters. The Morgan fingerprint density at radius 3 is 2.40 bits per heavy atom. The third kappa shape index (κ3) is 6.79. The SMILES string of the molecule is C=CCN(CCN1CCOCC1)C(=O)C1N(CCCCCO)C(=O)[C@@H]2[C@H](C(=O)N(CC=C)c3ccc(OCC)cc3)[C@]3(CC)CCC12O3. The first kappa shape index (κ1) is 36.0. The highest BCUT2D eigenvalue weighted by atomic mass is 16.5. The van der Waals surface area contributed by atoms with Gasteiger partial charge in [0.25, 0.3) is 0 Å². The summed E-state index contributed by atoms with van der Waals surface area (Å²) < 4.78 is 18.2. The Balaban J connectivity index is 1.50. The summed E-state index contributed by atoms with van der Waals surface area (Å²) in [4.78, 5) is 51.8. The Bertz CT molecular complexity index is 1300. The van der Waals surface area contributed by atoms with E-state index in [0.717, 1.165) is 19.5 Å². The lowest BCUT2D eigenvalue weighted by Crippen LogP contribution is -2.57.